The molecular weight excluding hydrogens is 472 g/mol. The van der Waals surface area contributed by atoms with Gasteiger partial charge in [0.2, 0.25) is 17.8 Å². The summed E-state index contributed by atoms with van der Waals surface area (Å²) in [5.41, 5.74) is 16.3. The summed E-state index contributed by atoms with van der Waals surface area (Å²) in [5.74, 6) is 0.287. The topological polar surface area (TPSA) is 154 Å². The zero-order chi connectivity index (χ0) is 22.6. The first-order valence-electron chi connectivity index (χ1n) is 10.0. The zero-order valence-corrected chi connectivity index (χ0v) is 19.9. The number of hydrogen-bond donors (Lipinski definition) is 3. The molecule has 2 amide bonds. The molecule has 32 heavy (non-hydrogen) atoms. The van der Waals surface area contributed by atoms with E-state index in [0.717, 1.165) is 17.0 Å². The second-order valence-corrected chi connectivity index (χ2v) is 10.9. The van der Waals surface area contributed by atoms with Gasteiger partial charge in [-0.15, -0.1) is 21.5 Å². The van der Waals surface area contributed by atoms with E-state index in [1.165, 1.54) is 34.0 Å². The summed E-state index contributed by atoms with van der Waals surface area (Å²) in [5, 5.41) is 15.3. The fraction of sp³-hybridized carbons (Fsp3) is 0.500. The number of primary amides is 2. The number of anilines is 1. The number of nitrogens with one attached hydrogen (secondary N) is 1. The lowest BCUT2D eigenvalue weighted by molar-refractivity contribution is -0.116. The Kier molecular flexibility index (Phi) is 5.55. The molecule has 0 fully saturated rings. The van der Waals surface area contributed by atoms with Crippen LogP contribution in [0.3, 0.4) is 0 Å². The molecule has 5 rings (SSSR count). The van der Waals surface area contributed by atoms with Gasteiger partial charge < -0.3 is 16.2 Å². The van der Waals surface area contributed by atoms with Crippen LogP contribution in [0.4, 0.5) is 5.95 Å². The van der Waals surface area contributed by atoms with Gasteiger partial charge in [0.1, 0.15) is 5.00 Å². The van der Waals surface area contributed by atoms with Gasteiger partial charge in [-0.05, 0) is 11.5 Å². The molecular formula is C18H22N8O3S3. The molecule has 0 aromatic carbocycles. The summed E-state index contributed by atoms with van der Waals surface area (Å²) in [6.07, 6.45) is 0.666. The third-order valence-corrected chi connectivity index (χ3v) is 8.56. The van der Waals surface area contributed by atoms with Gasteiger partial charge in [-0.3, -0.25) is 19.9 Å². The van der Waals surface area contributed by atoms with Gasteiger partial charge in [0.05, 0.1) is 24.2 Å². The maximum atomic E-state index is 11.4. The number of ether oxygens (including phenoxy) is 1. The molecule has 5 N–H and O–H groups in total. The molecule has 0 bridgehead atoms. The highest BCUT2D eigenvalue weighted by molar-refractivity contribution is 8.14. The summed E-state index contributed by atoms with van der Waals surface area (Å²) < 4.78 is 8.05. The van der Waals surface area contributed by atoms with E-state index in [1.54, 1.807) is 11.3 Å². The van der Waals surface area contributed by atoms with Crippen LogP contribution in [0.2, 0.25) is 0 Å². The van der Waals surface area contributed by atoms with Gasteiger partial charge in [-0.25, -0.2) is 4.57 Å². The number of rotatable bonds is 6. The molecule has 0 spiro atoms. The number of nitrogens with two attached hydrogens (primary N) is 2. The van der Waals surface area contributed by atoms with Crippen LogP contribution in [0.15, 0.2) is 10.3 Å². The fourth-order valence-corrected chi connectivity index (χ4v) is 6.69. The Morgan fingerprint density at radius 2 is 2.00 bits per heavy atom. The van der Waals surface area contributed by atoms with Crippen LogP contribution in [0.25, 0.3) is 5.00 Å². The van der Waals surface area contributed by atoms with Crippen LogP contribution in [-0.2, 0) is 27.4 Å². The van der Waals surface area contributed by atoms with E-state index in [0.29, 0.717) is 28.8 Å². The molecule has 170 valence electrons. The van der Waals surface area contributed by atoms with Crippen molar-refractivity contribution in [2.75, 3.05) is 16.4 Å². The maximum absolute atomic E-state index is 11.4. The molecule has 14 heteroatoms. The lowest BCUT2D eigenvalue weighted by Crippen LogP contribution is -2.39. The summed E-state index contributed by atoms with van der Waals surface area (Å²) in [6.45, 7) is 4.87. The number of fused-ring (bicyclic) bond motifs is 8. The SMILES string of the molecule is CC(C)[C@H]1Cc2c(sc3c2C2NN=C(SCC(N)=O)N2c2nnc(SCC(N)=O)n2-3)CO1. The number of hydrazone groups is 1. The molecule has 2 aromatic rings. The molecule has 5 heterocycles. The number of hydrogen-bond acceptors (Lipinski definition) is 11. The average Bonchev–Trinajstić information content (AvgIpc) is 3.44. The van der Waals surface area contributed by atoms with Crippen LogP contribution in [0.1, 0.15) is 36.0 Å². The Morgan fingerprint density at radius 1 is 1.25 bits per heavy atom. The Labute approximate surface area is 196 Å². The first-order chi connectivity index (χ1) is 15.3. The summed E-state index contributed by atoms with van der Waals surface area (Å²) in [4.78, 5) is 25.9. The number of amides is 2. The van der Waals surface area contributed by atoms with Crippen molar-refractivity contribution >= 4 is 57.8 Å². The monoisotopic (exact) mass is 494 g/mol. The van der Waals surface area contributed by atoms with Crippen molar-refractivity contribution in [3.05, 3.63) is 16.0 Å². The van der Waals surface area contributed by atoms with E-state index in [9.17, 15) is 9.59 Å². The first kappa shape index (κ1) is 21.6. The quantitative estimate of drug-likeness (QED) is 0.497. The van der Waals surface area contributed by atoms with Crippen molar-refractivity contribution in [1.29, 1.82) is 0 Å². The van der Waals surface area contributed by atoms with Crippen LogP contribution in [-0.4, -0.2) is 49.4 Å². The predicted molar refractivity (Wildman–Crippen MR) is 124 cm³/mol. The Balaban J connectivity index is 1.61. The van der Waals surface area contributed by atoms with Crippen LogP contribution < -0.4 is 21.8 Å². The molecule has 0 saturated carbocycles. The smallest absolute Gasteiger partial charge is 0.241 e. The Hall–Kier alpha value is -2.29. The van der Waals surface area contributed by atoms with Crippen molar-refractivity contribution in [3.63, 3.8) is 0 Å². The van der Waals surface area contributed by atoms with Gasteiger partial charge in [0.25, 0.3) is 0 Å². The van der Waals surface area contributed by atoms with Gasteiger partial charge in [-0.1, -0.05) is 37.4 Å². The summed E-state index contributed by atoms with van der Waals surface area (Å²) in [7, 11) is 0. The predicted octanol–water partition coefficient (Wildman–Crippen LogP) is 0.915. The van der Waals surface area contributed by atoms with E-state index < -0.39 is 11.8 Å². The van der Waals surface area contributed by atoms with Crippen LogP contribution in [0.5, 0.6) is 0 Å². The highest BCUT2D eigenvalue weighted by Gasteiger charge is 2.45. The molecule has 11 nitrogen and oxygen atoms in total. The largest absolute Gasteiger partial charge is 0.372 e. The van der Waals surface area contributed by atoms with E-state index in [-0.39, 0.29) is 23.8 Å². The molecule has 2 atom stereocenters. The van der Waals surface area contributed by atoms with E-state index in [4.69, 9.17) is 16.2 Å². The Bertz CT molecular complexity index is 1130. The normalized spacial score (nSPS) is 20.8. The van der Waals surface area contributed by atoms with Gasteiger partial charge in [0.15, 0.2) is 16.5 Å². The highest BCUT2D eigenvalue weighted by atomic mass is 32.2. The fourth-order valence-electron chi connectivity index (χ4n) is 3.97. The average molecular weight is 495 g/mol. The van der Waals surface area contributed by atoms with Crippen LogP contribution in [0, 0.1) is 5.92 Å². The standard InChI is InChI=1S/C18H22N8O3S3/c1-7(2)9-3-8-10(4-29-9)32-15-13(8)14-21-23-17(30-5-11(19)27)25(14)16-22-24-18(26(15)16)31-6-12(20)28/h7,9,14,21H,3-6H2,1-2H3,(H2,19,27)(H2,20,28)/t9-,14?/m1/s1. The van der Waals surface area contributed by atoms with E-state index >= 15 is 0 Å². The second-order valence-electron chi connectivity index (χ2n) is 7.94. The number of thioether (sulfide) groups is 2. The Morgan fingerprint density at radius 3 is 2.72 bits per heavy atom. The van der Waals surface area contributed by atoms with E-state index in [2.05, 4.69) is 34.6 Å². The van der Waals surface area contributed by atoms with Crippen molar-refractivity contribution in [3.8, 4) is 5.00 Å². The second kappa shape index (κ2) is 8.24. The molecule has 0 aliphatic carbocycles. The summed E-state index contributed by atoms with van der Waals surface area (Å²) in [6, 6.07) is 0. The number of aromatic nitrogens is 3. The molecule has 2 aromatic heterocycles. The first-order valence-corrected chi connectivity index (χ1v) is 12.8. The van der Waals surface area contributed by atoms with Crippen LogP contribution >= 0.6 is 34.9 Å². The van der Waals surface area contributed by atoms with Gasteiger partial charge >= 0.3 is 0 Å². The molecule has 3 aliphatic rings. The molecule has 3 aliphatic heterocycles. The van der Waals surface area contributed by atoms with Gasteiger partial charge in [-0.2, -0.15) is 5.10 Å². The van der Waals surface area contributed by atoms with Crippen molar-refractivity contribution in [1.82, 2.24) is 20.2 Å². The minimum atomic E-state index is -0.429. The zero-order valence-electron chi connectivity index (χ0n) is 17.4. The van der Waals surface area contributed by atoms with Gasteiger partial charge in [0, 0.05) is 16.9 Å². The number of nitrogens with zero attached hydrogens (tertiary/aromatic N) is 5. The van der Waals surface area contributed by atoms with Crippen molar-refractivity contribution < 1.29 is 14.3 Å². The number of carbonyl (C=O) groups excluding carboxylic acids is 2. The lowest BCUT2D eigenvalue weighted by atomic mass is 9.93. The number of carbonyl (C=O) groups is 2. The minimum Gasteiger partial charge on any atom is -0.372 e. The lowest BCUT2D eigenvalue weighted by Gasteiger charge is -2.33. The maximum Gasteiger partial charge on any atom is 0.241 e. The summed E-state index contributed by atoms with van der Waals surface area (Å²) >= 11 is 4.13. The minimum absolute atomic E-state index is 0.0934. The number of thiophene rings is 1. The molecule has 1 unspecified atom stereocenters. The number of amidine groups is 1. The van der Waals surface area contributed by atoms with Crippen molar-refractivity contribution in [2.45, 2.75) is 44.3 Å². The van der Waals surface area contributed by atoms with E-state index in [1.807, 2.05) is 9.47 Å². The van der Waals surface area contributed by atoms with Crippen molar-refractivity contribution in [2.24, 2.45) is 22.5 Å². The third kappa shape index (κ3) is 3.54. The molecule has 0 radical (unpaired) electrons. The third-order valence-electron chi connectivity index (χ3n) is 5.43. The highest BCUT2D eigenvalue weighted by Crippen LogP contribution is 2.49. The molecule has 0 saturated heterocycles.